The Morgan fingerprint density at radius 2 is 1.73 bits per heavy atom. The number of para-hydroxylation sites is 1. The highest BCUT2D eigenvalue weighted by Crippen LogP contribution is 2.39. The zero-order valence-electron chi connectivity index (χ0n) is 13.7. The predicted molar refractivity (Wildman–Crippen MR) is 88.4 cm³/mol. The van der Waals surface area contributed by atoms with Crippen molar-refractivity contribution >= 4 is 17.3 Å². The summed E-state index contributed by atoms with van der Waals surface area (Å²) in [4.78, 5) is 14.2. The lowest BCUT2D eigenvalue weighted by molar-refractivity contribution is -0.137. The lowest BCUT2D eigenvalue weighted by Gasteiger charge is -2.24. The molecule has 132 valence electrons. The minimum Gasteiger partial charge on any atom is -0.281 e. The fourth-order valence-corrected chi connectivity index (χ4v) is 3.11. The topological polar surface area (TPSA) is 51.0 Å². The number of rotatable bonds is 1. The van der Waals surface area contributed by atoms with E-state index in [9.17, 15) is 18.0 Å². The Labute approximate surface area is 146 Å². The molecule has 2 heterocycles. The van der Waals surface area contributed by atoms with Gasteiger partial charge in [-0.1, -0.05) is 18.2 Å². The van der Waals surface area contributed by atoms with Gasteiger partial charge in [-0.25, -0.2) is 0 Å². The van der Waals surface area contributed by atoms with Gasteiger partial charge in [0.1, 0.15) is 11.6 Å². The highest BCUT2D eigenvalue weighted by atomic mass is 19.4. The van der Waals surface area contributed by atoms with E-state index in [0.717, 1.165) is 12.1 Å². The largest absolute Gasteiger partial charge is 0.416 e. The minimum absolute atomic E-state index is 0.0637. The van der Waals surface area contributed by atoms with Gasteiger partial charge in [0, 0.05) is 5.69 Å². The SMILES string of the molecule is Cc1nnc2n1-c1ccc(C(F)(F)F)cc1N(c1ccccc1)C(=O)C2. The summed E-state index contributed by atoms with van der Waals surface area (Å²) in [6, 6.07) is 11.9. The molecule has 0 N–H and O–H groups in total. The lowest BCUT2D eigenvalue weighted by atomic mass is 10.1. The number of aryl methyl sites for hydroxylation is 1. The molecule has 1 aliphatic heterocycles. The van der Waals surface area contributed by atoms with Crippen LogP contribution in [0.2, 0.25) is 0 Å². The first kappa shape index (κ1) is 16.3. The molecule has 2 aromatic carbocycles. The van der Waals surface area contributed by atoms with Gasteiger partial charge in [0.2, 0.25) is 5.91 Å². The minimum atomic E-state index is -4.52. The van der Waals surface area contributed by atoms with Crippen molar-refractivity contribution in [1.82, 2.24) is 14.8 Å². The van der Waals surface area contributed by atoms with Gasteiger partial charge in [-0.2, -0.15) is 13.2 Å². The average Bonchev–Trinajstić information content (AvgIpc) is 2.89. The molecule has 0 atom stereocenters. The smallest absolute Gasteiger partial charge is 0.281 e. The fraction of sp³-hybridized carbons (Fsp3) is 0.167. The molecule has 0 aliphatic carbocycles. The second-order valence-corrected chi connectivity index (χ2v) is 5.94. The molecule has 8 heteroatoms. The van der Waals surface area contributed by atoms with Crippen LogP contribution in [0.4, 0.5) is 24.5 Å². The lowest BCUT2D eigenvalue weighted by Crippen LogP contribution is -2.27. The molecule has 1 amide bonds. The third-order valence-corrected chi connectivity index (χ3v) is 4.25. The van der Waals surface area contributed by atoms with Crippen LogP contribution >= 0.6 is 0 Å². The number of halogens is 3. The maximum Gasteiger partial charge on any atom is 0.416 e. The molecule has 4 rings (SSSR count). The predicted octanol–water partition coefficient (Wildman–Crippen LogP) is 3.82. The van der Waals surface area contributed by atoms with E-state index in [1.165, 1.54) is 11.0 Å². The fourth-order valence-electron chi connectivity index (χ4n) is 3.11. The Balaban J connectivity index is 2.02. The zero-order valence-corrected chi connectivity index (χ0v) is 13.7. The van der Waals surface area contributed by atoms with Gasteiger partial charge in [0.25, 0.3) is 0 Å². The number of amides is 1. The van der Waals surface area contributed by atoms with Gasteiger partial charge in [0.15, 0.2) is 0 Å². The van der Waals surface area contributed by atoms with Crippen molar-refractivity contribution in [3.05, 3.63) is 65.7 Å². The van der Waals surface area contributed by atoms with E-state index in [0.29, 0.717) is 23.0 Å². The van der Waals surface area contributed by atoms with E-state index >= 15 is 0 Å². The Morgan fingerprint density at radius 3 is 2.42 bits per heavy atom. The molecule has 0 unspecified atom stereocenters. The molecule has 5 nitrogen and oxygen atoms in total. The molecule has 0 bridgehead atoms. The standard InChI is InChI=1S/C18H13F3N4O/c1-11-22-23-16-10-17(26)25(13-5-3-2-4-6-13)15-9-12(18(19,20)21)7-8-14(15)24(11)16/h2-9H,10H2,1H3. The van der Waals surface area contributed by atoms with Crippen LogP contribution in [-0.4, -0.2) is 20.7 Å². The van der Waals surface area contributed by atoms with Crippen LogP contribution < -0.4 is 4.90 Å². The second-order valence-electron chi connectivity index (χ2n) is 5.94. The first-order chi connectivity index (χ1) is 12.4. The summed E-state index contributed by atoms with van der Waals surface area (Å²) >= 11 is 0. The number of anilines is 2. The summed E-state index contributed by atoms with van der Waals surface area (Å²) < 4.78 is 41.4. The number of nitrogens with zero attached hydrogens (tertiary/aromatic N) is 4. The molecule has 0 radical (unpaired) electrons. The highest BCUT2D eigenvalue weighted by Gasteiger charge is 2.35. The van der Waals surface area contributed by atoms with Crippen molar-refractivity contribution in [2.24, 2.45) is 0 Å². The van der Waals surface area contributed by atoms with Crippen molar-refractivity contribution in [2.45, 2.75) is 19.5 Å². The van der Waals surface area contributed by atoms with E-state index in [-0.39, 0.29) is 18.0 Å². The van der Waals surface area contributed by atoms with Crippen LogP contribution in [0.5, 0.6) is 0 Å². The first-order valence-corrected chi connectivity index (χ1v) is 7.87. The van der Waals surface area contributed by atoms with Gasteiger partial charge in [0.05, 0.1) is 23.4 Å². The van der Waals surface area contributed by atoms with Crippen LogP contribution in [-0.2, 0) is 17.4 Å². The first-order valence-electron chi connectivity index (χ1n) is 7.87. The number of carbonyl (C=O) groups is 1. The van der Waals surface area contributed by atoms with Crippen LogP contribution in [0.25, 0.3) is 5.69 Å². The van der Waals surface area contributed by atoms with Crippen LogP contribution in [0.15, 0.2) is 48.5 Å². The molecule has 0 spiro atoms. The van der Waals surface area contributed by atoms with Crippen molar-refractivity contribution < 1.29 is 18.0 Å². The van der Waals surface area contributed by atoms with E-state index in [4.69, 9.17) is 0 Å². The molecule has 26 heavy (non-hydrogen) atoms. The van der Waals surface area contributed by atoms with E-state index in [2.05, 4.69) is 10.2 Å². The quantitative estimate of drug-likeness (QED) is 0.665. The number of fused-ring (bicyclic) bond motifs is 3. The number of benzene rings is 2. The molecular weight excluding hydrogens is 345 g/mol. The van der Waals surface area contributed by atoms with Gasteiger partial charge in [-0.15, -0.1) is 10.2 Å². The summed E-state index contributed by atoms with van der Waals surface area (Å²) in [5, 5.41) is 7.97. The number of alkyl halides is 3. The van der Waals surface area contributed by atoms with Crippen molar-refractivity contribution in [3.63, 3.8) is 0 Å². The summed E-state index contributed by atoms with van der Waals surface area (Å²) in [5.41, 5.74) is 0.261. The van der Waals surface area contributed by atoms with Crippen molar-refractivity contribution in [1.29, 1.82) is 0 Å². The number of aromatic nitrogens is 3. The van der Waals surface area contributed by atoms with Gasteiger partial charge in [-0.3, -0.25) is 14.3 Å². The molecule has 0 fully saturated rings. The van der Waals surface area contributed by atoms with Crippen molar-refractivity contribution in [3.8, 4) is 5.69 Å². The number of hydrogen-bond donors (Lipinski definition) is 0. The highest BCUT2D eigenvalue weighted by molar-refractivity contribution is 6.04. The number of hydrogen-bond acceptors (Lipinski definition) is 3. The Morgan fingerprint density at radius 1 is 1.00 bits per heavy atom. The third-order valence-electron chi connectivity index (χ3n) is 4.25. The Bertz CT molecular complexity index is 995. The van der Waals surface area contributed by atoms with E-state index < -0.39 is 11.7 Å². The number of carbonyl (C=O) groups excluding carboxylic acids is 1. The molecular formula is C18H13F3N4O. The molecule has 1 aliphatic rings. The normalized spacial score (nSPS) is 14.0. The average molecular weight is 358 g/mol. The van der Waals surface area contributed by atoms with Gasteiger partial charge < -0.3 is 0 Å². The Kier molecular flexibility index (Phi) is 3.57. The van der Waals surface area contributed by atoms with Crippen LogP contribution in [0.3, 0.4) is 0 Å². The summed E-state index contributed by atoms with van der Waals surface area (Å²) in [7, 11) is 0. The molecule has 0 saturated carbocycles. The maximum absolute atomic E-state index is 13.3. The summed E-state index contributed by atoms with van der Waals surface area (Å²) in [6.45, 7) is 1.70. The Hall–Kier alpha value is -3.16. The van der Waals surface area contributed by atoms with Crippen LogP contribution in [0.1, 0.15) is 17.2 Å². The van der Waals surface area contributed by atoms with E-state index in [1.54, 1.807) is 41.8 Å². The monoisotopic (exact) mass is 358 g/mol. The van der Waals surface area contributed by atoms with Gasteiger partial charge >= 0.3 is 6.18 Å². The molecule has 3 aromatic rings. The summed E-state index contributed by atoms with van der Waals surface area (Å²) in [5.74, 6) is 0.526. The second kappa shape index (κ2) is 5.69. The molecule has 0 saturated heterocycles. The zero-order chi connectivity index (χ0) is 18.5. The van der Waals surface area contributed by atoms with Gasteiger partial charge in [-0.05, 0) is 37.3 Å². The van der Waals surface area contributed by atoms with E-state index in [1.807, 2.05) is 0 Å². The van der Waals surface area contributed by atoms with Crippen molar-refractivity contribution in [2.75, 3.05) is 4.90 Å². The third kappa shape index (κ3) is 2.54. The summed E-state index contributed by atoms with van der Waals surface area (Å²) in [6.07, 6.45) is -4.58. The molecule has 1 aromatic heterocycles. The van der Waals surface area contributed by atoms with Crippen LogP contribution in [0, 0.1) is 6.92 Å². The maximum atomic E-state index is 13.3.